The molecule has 1 aromatic heterocycles. The molecule has 0 atom stereocenters. The summed E-state index contributed by atoms with van der Waals surface area (Å²) in [5.74, 6) is 1.66. The highest BCUT2D eigenvalue weighted by Gasteiger charge is 2.13. The van der Waals surface area contributed by atoms with Gasteiger partial charge in [0.2, 0.25) is 5.91 Å². The molecule has 1 amide bonds. The van der Waals surface area contributed by atoms with E-state index in [-0.39, 0.29) is 5.91 Å². The van der Waals surface area contributed by atoms with Gasteiger partial charge in [0, 0.05) is 12.7 Å². The molecule has 2 N–H and O–H groups in total. The molecule has 0 fully saturated rings. The molecule has 19 heavy (non-hydrogen) atoms. The largest absolute Gasteiger partial charge is 0.464 e. The molecule has 0 saturated heterocycles. The van der Waals surface area contributed by atoms with E-state index in [9.17, 15) is 4.79 Å². The van der Waals surface area contributed by atoms with Gasteiger partial charge >= 0.3 is 0 Å². The van der Waals surface area contributed by atoms with E-state index in [4.69, 9.17) is 10.2 Å². The predicted octanol–water partition coefficient (Wildman–Crippen LogP) is 2.37. The fourth-order valence-electron chi connectivity index (χ4n) is 1.89. The Morgan fingerprint density at radius 3 is 2.63 bits per heavy atom. The molecular formula is C15H18N2O2. The average Bonchev–Trinajstić information content (AvgIpc) is 2.77. The van der Waals surface area contributed by atoms with E-state index in [1.54, 1.807) is 18.0 Å². The second kappa shape index (κ2) is 5.61. The summed E-state index contributed by atoms with van der Waals surface area (Å²) in [5.41, 5.74) is 7.34. The maximum Gasteiger partial charge on any atom is 0.227 e. The fourth-order valence-corrected chi connectivity index (χ4v) is 1.89. The third-order valence-electron chi connectivity index (χ3n) is 3.01. The number of rotatable bonds is 4. The summed E-state index contributed by atoms with van der Waals surface area (Å²) in [6.45, 7) is 2.36. The van der Waals surface area contributed by atoms with E-state index in [1.807, 2.05) is 37.3 Å². The lowest BCUT2D eigenvalue weighted by molar-refractivity contribution is -0.129. The van der Waals surface area contributed by atoms with Gasteiger partial charge in [-0.2, -0.15) is 0 Å². The van der Waals surface area contributed by atoms with Crippen molar-refractivity contribution in [3.63, 3.8) is 0 Å². The summed E-state index contributed by atoms with van der Waals surface area (Å²) in [6.07, 6.45) is 0.308. The first kappa shape index (κ1) is 13.2. The van der Waals surface area contributed by atoms with E-state index >= 15 is 0 Å². The molecule has 0 spiro atoms. The summed E-state index contributed by atoms with van der Waals surface area (Å²) in [7, 11) is 1.76. The van der Waals surface area contributed by atoms with E-state index in [2.05, 4.69) is 0 Å². The summed E-state index contributed by atoms with van der Waals surface area (Å²) in [5, 5.41) is 0. The van der Waals surface area contributed by atoms with Gasteiger partial charge in [0.05, 0.1) is 13.0 Å². The van der Waals surface area contributed by atoms with Crippen LogP contribution in [-0.4, -0.2) is 17.9 Å². The molecule has 0 aliphatic carbocycles. The number of benzene rings is 1. The van der Waals surface area contributed by atoms with E-state index in [1.165, 1.54) is 0 Å². The minimum absolute atomic E-state index is 0.0203. The summed E-state index contributed by atoms with van der Waals surface area (Å²) in [6, 6.07) is 11.2. The Kier molecular flexibility index (Phi) is 3.90. The minimum Gasteiger partial charge on any atom is -0.464 e. The normalized spacial score (nSPS) is 10.4. The van der Waals surface area contributed by atoms with Crippen LogP contribution in [0.5, 0.6) is 0 Å². The molecule has 0 unspecified atom stereocenters. The Labute approximate surface area is 112 Å². The van der Waals surface area contributed by atoms with Crippen molar-refractivity contribution in [3.8, 4) is 0 Å². The number of likely N-dealkylation sites (N-methyl/N-ethyl adjacent to an activating group) is 1. The Morgan fingerprint density at radius 2 is 2.00 bits per heavy atom. The number of amides is 1. The number of carbonyl (C=O) groups excluding carboxylic acids is 1. The lowest BCUT2D eigenvalue weighted by atomic mass is 10.1. The van der Waals surface area contributed by atoms with Crippen molar-refractivity contribution in [3.05, 3.63) is 53.5 Å². The van der Waals surface area contributed by atoms with Crippen LogP contribution in [0.15, 0.2) is 40.8 Å². The quantitative estimate of drug-likeness (QED) is 0.856. The molecule has 1 heterocycles. The third kappa shape index (κ3) is 3.37. The number of hydrogen-bond acceptors (Lipinski definition) is 3. The Hall–Kier alpha value is -2.23. The smallest absolute Gasteiger partial charge is 0.227 e. The number of furan rings is 1. The van der Waals surface area contributed by atoms with Crippen molar-refractivity contribution in [2.45, 2.75) is 19.9 Å². The molecular weight excluding hydrogens is 240 g/mol. The molecule has 0 saturated carbocycles. The number of carbonyl (C=O) groups is 1. The van der Waals surface area contributed by atoms with E-state index in [0.717, 1.165) is 17.1 Å². The highest BCUT2D eigenvalue weighted by Crippen LogP contribution is 2.14. The summed E-state index contributed by atoms with van der Waals surface area (Å²) in [4.78, 5) is 13.7. The van der Waals surface area contributed by atoms with Gasteiger partial charge in [-0.1, -0.05) is 18.2 Å². The first-order valence-electron chi connectivity index (χ1n) is 6.19. The maximum absolute atomic E-state index is 12.1. The van der Waals surface area contributed by atoms with Crippen LogP contribution in [0.4, 0.5) is 5.69 Å². The molecule has 4 nitrogen and oxygen atoms in total. The van der Waals surface area contributed by atoms with Gasteiger partial charge in [0.1, 0.15) is 11.5 Å². The molecule has 1 aromatic carbocycles. The van der Waals surface area contributed by atoms with Gasteiger partial charge in [-0.3, -0.25) is 4.79 Å². The van der Waals surface area contributed by atoms with Crippen LogP contribution < -0.4 is 5.73 Å². The summed E-state index contributed by atoms with van der Waals surface area (Å²) >= 11 is 0. The Balaban J connectivity index is 1.98. The molecule has 100 valence electrons. The molecule has 0 bridgehead atoms. The highest BCUT2D eigenvalue weighted by atomic mass is 16.3. The van der Waals surface area contributed by atoms with Crippen LogP contribution in [0.1, 0.15) is 17.1 Å². The van der Waals surface area contributed by atoms with Crippen LogP contribution in [0.2, 0.25) is 0 Å². The first-order valence-corrected chi connectivity index (χ1v) is 6.19. The number of aryl methyl sites for hydroxylation is 1. The monoisotopic (exact) mass is 258 g/mol. The van der Waals surface area contributed by atoms with Gasteiger partial charge < -0.3 is 15.1 Å². The van der Waals surface area contributed by atoms with Gasteiger partial charge in [-0.15, -0.1) is 0 Å². The van der Waals surface area contributed by atoms with Crippen molar-refractivity contribution in [2.75, 3.05) is 12.8 Å². The third-order valence-corrected chi connectivity index (χ3v) is 3.01. The highest BCUT2D eigenvalue weighted by molar-refractivity contribution is 5.80. The number of hydrogen-bond donors (Lipinski definition) is 1. The number of anilines is 1. The minimum atomic E-state index is 0.0203. The van der Waals surface area contributed by atoms with Gasteiger partial charge in [0.15, 0.2) is 0 Å². The molecule has 2 rings (SSSR count). The Morgan fingerprint density at radius 1 is 1.26 bits per heavy atom. The average molecular weight is 258 g/mol. The Bertz CT molecular complexity index is 575. The zero-order chi connectivity index (χ0) is 13.8. The zero-order valence-electron chi connectivity index (χ0n) is 11.2. The first-order chi connectivity index (χ1) is 9.06. The van der Waals surface area contributed by atoms with Gasteiger partial charge in [-0.05, 0) is 30.7 Å². The number of para-hydroxylation sites is 1. The van der Waals surface area contributed by atoms with E-state index in [0.29, 0.717) is 18.7 Å². The number of nitrogens with two attached hydrogens (primary N) is 1. The SMILES string of the molecule is Cc1ccc(CN(C)C(=O)Cc2ccccc2N)o1. The lowest BCUT2D eigenvalue weighted by Crippen LogP contribution is -2.27. The summed E-state index contributed by atoms with van der Waals surface area (Å²) < 4.78 is 5.46. The van der Waals surface area contributed by atoms with Crippen LogP contribution >= 0.6 is 0 Å². The maximum atomic E-state index is 12.1. The van der Waals surface area contributed by atoms with Crippen molar-refractivity contribution < 1.29 is 9.21 Å². The molecule has 0 aliphatic rings. The van der Waals surface area contributed by atoms with Crippen molar-refractivity contribution in [1.82, 2.24) is 4.90 Å². The van der Waals surface area contributed by atoms with Crippen molar-refractivity contribution in [2.24, 2.45) is 0 Å². The molecule has 0 radical (unpaired) electrons. The van der Waals surface area contributed by atoms with Crippen LogP contribution in [0, 0.1) is 6.92 Å². The van der Waals surface area contributed by atoms with Crippen LogP contribution in [-0.2, 0) is 17.8 Å². The second-order valence-electron chi connectivity index (χ2n) is 4.64. The molecule has 2 aromatic rings. The predicted molar refractivity (Wildman–Crippen MR) is 74.5 cm³/mol. The molecule has 0 aliphatic heterocycles. The second-order valence-corrected chi connectivity index (χ2v) is 4.64. The van der Waals surface area contributed by atoms with Crippen molar-refractivity contribution in [1.29, 1.82) is 0 Å². The standard InChI is InChI=1S/C15H18N2O2/c1-11-7-8-13(19-11)10-17(2)15(18)9-12-5-3-4-6-14(12)16/h3-8H,9-10,16H2,1-2H3. The number of nitrogen functional groups attached to an aromatic ring is 1. The van der Waals surface area contributed by atoms with Gasteiger partial charge in [-0.25, -0.2) is 0 Å². The zero-order valence-corrected chi connectivity index (χ0v) is 11.2. The number of nitrogens with zero attached hydrogens (tertiary/aromatic N) is 1. The van der Waals surface area contributed by atoms with Crippen molar-refractivity contribution >= 4 is 11.6 Å². The van der Waals surface area contributed by atoms with Crippen LogP contribution in [0.3, 0.4) is 0 Å². The van der Waals surface area contributed by atoms with Gasteiger partial charge in [0.25, 0.3) is 0 Å². The van der Waals surface area contributed by atoms with Crippen LogP contribution in [0.25, 0.3) is 0 Å². The van der Waals surface area contributed by atoms with E-state index < -0.39 is 0 Å². The fraction of sp³-hybridized carbons (Fsp3) is 0.267. The molecule has 4 heteroatoms. The lowest BCUT2D eigenvalue weighted by Gasteiger charge is -2.16. The topological polar surface area (TPSA) is 59.5 Å².